The van der Waals surface area contributed by atoms with E-state index in [1.807, 2.05) is 18.2 Å². The molecule has 2 heterocycles. The SMILES string of the molecule is O=C(NC1CCNC1=O)c1ccc(Oc2ccccc2)o1. The Bertz CT molecular complexity index is 651. The molecule has 1 atom stereocenters. The van der Waals surface area contributed by atoms with Gasteiger partial charge in [0, 0.05) is 12.6 Å². The first-order valence-electron chi connectivity index (χ1n) is 6.64. The van der Waals surface area contributed by atoms with Crippen molar-refractivity contribution in [1.29, 1.82) is 0 Å². The summed E-state index contributed by atoms with van der Waals surface area (Å²) < 4.78 is 10.8. The Balaban J connectivity index is 1.64. The van der Waals surface area contributed by atoms with Crippen molar-refractivity contribution in [1.82, 2.24) is 10.6 Å². The van der Waals surface area contributed by atoms with Crippen molar-refractivity contribution in [3.05, 3.63) is 48.2 Å². The predicted molar refractivity (Wildman–Crippen MR) is 74.1 cm³/mol. The van der Waals surface area contributed by atoms with Gasteiger partial charge in [-0.1, -0.05) is 18.2 Å². The summed E-state index contributed by atoms with van der Waals surface area (Å²) in [5.74, 6) is 0.354. The first-order chi connectivity index (χ1) is 10.2. The van der Waals surface area contributed by atoms with E-state index in [-0.39, 0.29) is 17.6 Å². The lowest BCUT2D eigenvalue weighted by molar-refractivity contribution is -0.120. The zero-order valence-corrected chi connectivity index (χ0v) is 11.2. The molecule has 21 heavy (non-hydrogen) atoms. The molecule has 2 aromatic rings. The fourth-order valence-electron chi connectivity index (χ4n) is 2.06. The van der Waals surface area contributed by atoms with Crippen molar-refractivity contribution in [3.63, 3.8) is 0 Å². The van der Waals surface area contributed by atoms with E-state index in [0.717, 1.165) is 0 Å². The van der Waals surface area contributed by atoms with Gasteiger partial charge in [0.25, 0.3) is 11.9 Å². The number of benzene rings is 1. The van der Waals surface area contributed by atoms with Gasteiger partial charge in [-0.05, 0) is 24.6 Å². The summed E-state index contributed by atoms with van der Waals surface area (Å²) in [7, 11) is 0. The van der Waals surface area contributed by atoms with Crippen LogP contribution in [0.3, 0.4) is 0 Å². The number of rotatable bonds is 4. The highest BCUT2D eigenvalue weighted by atomic mass is 16.6. The Morgan fingerprint density at radius 2 is 2.05 bits per heavy atom. The molecule has 6 nitrogen and oxygen atoms in total. The first kappa shape index (κ1) is 13.2. The maximum Gasteiger partial charge on any atom is 0.290 e. The van der Waals surface area contributed by atoms with Crippen LogP contribution in [0.1, 0.15) is 17.0 Å². The molecule has 1 aromatic carbocycles. The van der Waals surface area contributed by atoms with E-state index in [4.69, 9.17) is 9.15 Å². The molecular weight excluding hydrogens is 272 g/mol. The number of nitrogens with one attached hydrogen (secondary N) is 2. The number of para-hydroxylation sites is 1. The van der Waals surface area contributed by atoms with Crippen LogP contribution >= 0.6 is 0 Å². The second kappa shape index (κ2) is 5.70. The van der Waals surface area contributed by atoms with Crippen molar-refractivity contribution in [2.45, 2.75) is 12.5 Å². The Hall–Kier alpha value is -2.76. The number of amides is 2. The quantitative estimate of drug-likeness (QED) is 0.896. The van der Waals surface area contributed by atoms with Gasteiger partial charge in [0.2, 0.25) is 5.91 Å². The number of hydrogen-bond acceptors (Lipinski definition) is 4. The lowest BCUT2D eigenvalue weighted by Crippen LogP contribution is -2.39. The highest BCUT2D eigenvalue weighted by Crippen LogP contribution is 2.23. The fraction of sp³-hybridized carbons (Fsp3) is 0.200. The monoisotopic (exact) mass is 286 g/mol. The number of ether oxygens (including phenoxy) is 1. The Labute approximate surface area is 121 Å². The van der Waals surface area contributed by atoms with Gasteiger partial charge < -0.3 is 19.8 Å². The topological polar surface area (TPSA) is 80.6 Å². The minimum Gasteiger partial charge on any atom is -0.426 e. The first-order valence-corrected chi connectivity index (χ1v) is 6.64. The number of carbonyl (C=O) groups excluding carboxylic acids is 2. The fourth-order valence-corrected chi connectivity index (χ4v) is 2.06. The summed E-state index contributed by atoms with van der Waals surface area (Å²) >= 11 is 0. The van der Waals surface area contributed by atoms with Gasteiger partial charge in [-0.25, -0.2) is 0 Å². The van der Waals surface area contributed by atoms with E-state index in [1.165, 1.54) is 6.07 Å². The van der Waals surface area contributed by atoms with Crippen LogP contribution in [0.25, 0.3) is 0 Å². The molecule has 6 heteroatoms. The lowest BCUT2D eigenvalue weighted by Gasteiger charge is -2.07. The molecule has 1 aromatic heterocycles. The maximum atomic E-state index is 12.0. The molecule has 1 fully saturated rings. The van der Waals surface area contributed by atoms with Crippen LogP contribution in [0.15, 0.2) is 46.9 Å². The molecule has 0 radical (unpaired) electrons. The minimum atomic E-state index is -0.499. The normalized spacial score (nSPS) is 17.3. The van der Waals surface area contributed by atoms with E-state index in [9.17, 15) is 9.59 Å². The van der Waals surface area contributed by atoms with E-state index >= 15 is 0 Å². The molecule has 1 aliphatic rings. The van der Waals surface area contributed by atoms with Gasteiger partial charge in [0.05, 0.1) is 0 Å². The molecule has 1 aliphatic heterocycles. The third-order valence-electron chi connectivity index (χ3n) is 3.12. The zero-order valence-electron chi connectivity index (χ0n) is 11.2. The van der Waals surface area contributed by atoms with Crippen LogP contribution in [0.4, 0.5) is 0 Å². The van der Waals surface area contributed by atoms with Crippen molar-refractivity contribution in [2.24, 2.45) is 0 Å². The van der Waals surface area contributed by atoms with E-state index in [2.05, 4.69) is 10.6 Å². The molecule has 0 aliphatic carbocycles. The van der Waals surface area contributed by atoms with Crippen molar-refractivity contribution < 1.29 is 18.7 Å². The second-order valence-electron chi connectivity index (χ2n) is 4.64. The third-order valence-corrected chi connectivity index (χ3v) is 3.12. The van der Waals surface area contributed by atoms with Crippen LogP contribution in [0.5, 0.6) is 11.7 Å². The second-order valence-corrected chi connectivity index (χ2v) is 4.64. The highest BCUT2D eigenvalue weighted by Gasteiger charge is 2.27. The number of hydrogen-bond donors (Lipinski definition) is 2. The molecule has 1 saturated heterocycles. The molecule has 2 N–H and O–H groups in total. The molecule has 2 amide bonds. The van der Waals surface area contributed by atoms with Gasteiger partial charge in [-0.15, -0.1) is 0 Å². The van der Waals surface area contributed by atoms with Crippen molar-refractivity contribution in [3.8, 4) is 11.7 Å². The Morgan fingerprint density at radius 3 is 2.76 bits per heavy atom. The summed E-state index contributed by atoms with van der Waals surface area (Å²) in [6, 6.07) is 11.7. The molecular formula is C15H14N2O4. The molecule has 0 spiro atoms. The minimum absolute atomic E-state index is 0.112. The average Bonchev–Trinajstić information content (AvgIpc) is 3.10. The molecule has 0 bridgehead atoms. The lowest BCUT2D eigenvalue weighted by atomic mass is 10.2. The van der Waals surface area contributed by atoms with Crippen molar-refractivity contribution >= 4 is 11.8 Å². The predicted octanol–water partition coefficient (Wildman–Crippen LogP) is 1.69. The smallest absolute Gasteiger partial charge is 0.290 e. The average molecular weight is 286 g/mol. The number of furan rings is 1. The van der Waals surface area contributed by atoms with Gasteiger partial charge in [0.15, 0.2) is 5.76 Å². The summed E-state index contributed by atoms with van der Waals surface area (Å²) in [6.45, 7) is 0.574. The number of carbonyl (C=O) groups is 2. The van der Waals surface area contributed by atoms with Gasteiger partial charge in [0.1, 0.15) is 11.8 Å². The van der Waals surface area contributed by atoms with E-state index in [0.29, 0.717) is 18.7 Å². The van der Waals surface area contributed by atoms with Crippen LogP contribution < -0.4 is 15.4 Å². The highest BCUT2D eigenvalue weighted by molar-refractivity contribution is 5.96. The maximum absolute atomic E-state index is 12.0. The third kappa shape index (κ3) is 3.05. The van der Waals surface area contributed by atoms with Crippen LogP contribution in [0.2, 0.25) is 0 Å². The van der Waals surface area contributed by atoms with E-state index < -0.39 is 11.9 Å². The largest absolute Gasteiger partial charge is 0.426 e. The molecule has 1 unspecified atom stereocenters. The zero-order chi connectivity index (χ0) is 14.7. The molecule has 0 saturated carbocycles. The summed E-state index contributed by atoms with van der Waals surface area (Å²) in [5.41, 5.74) is 0. The molecule has 108 valence electrons. The van der Waals surface area contributed by atoms with Gasteiger partial charge in [-0.2, -0.15) is 0 Å². The Kier molecular flexibility index (Phi) is 3.59. The molecule has 3 rings (SSSR count). The van der Waals surface area contributed by atoms with Crippen molar-refractivity contribution in [2.75, 3.05) is 6.54 Å². The van der Waals surface area contributed by atoms with Gasteiger partial charge >= 0.3 is 0 Å². The van der Waals surface area contributed by atoms with Crippen LogP contribution in [-0.2, 0) is 4.79 Å². The summed E-state index contributed by atoms with van der Waals surface area (Å²) in [6.07, 6.45) is 0.582. The van der Waals surface area contributed by atoms with E-state index in [1.54, 1.807) is 18.2 Å². The summed E-state index contributed by atoms with van der Waals surface area (Å²) in [4.78, 5) is 23.4. The Morgan fingerprint density at radius 1 is 1.24 bits per heavy atom. The van der Waals surface area contributed by atoms with Crippen LogP contribution in [-0.4, -0.2) is 24.4 Å². The summed E-state index contributed by atoms with van der Waals surface area (Å²) in [5, 5.41) is 5.28. The van der Waals surface area contributed by atoms with Gasteiger partial charge in [-0.3, -0.25) is 9.59 Å². The van der Waals surface area contributed by atoms with Crippen LogP contribution in [0, 0.1) is 0 Å². The standard InChI is InChI=1S/C15H14N2O4/c18-14-11(8-9-16-14)17-15(19)12-6-7-13(21-12)20-10-4-2-1-3-5-10/h1-7,11H,8-9H2,(H,16,18)(H,17,19).